The van der Waals surface area contributed by atoms with Gasteiger partial charge in [-0.15, -0.1) is 0 Å². The van der Waals surface area contributed by atoms with Crippen LogP contribution < -0.4 is 20.7 Å². The minimum absolute atomic E-state index is 0.240. The van der Waals surface area contributed by atoms with Crippen molar-refractivity contribution < 1.29 is 9.53 Å². The lowest BCUT2D eigenvalue weighted by molar-refractivity contribution is 0.212. The van der Waals surface area contributed by atoms with E-state index >= 15 is 0 Å². The SMILES string of the molecule is CC(CNC(=O)Nc1ccc(Nc2ccccc2)cn1)Oc1ccccc1Cl. The first-order valence-electron chi connectivity index (χ1n) is 8.84. The molecule has 1 atom stereocenters. The fraction of sp³-hybridized carbons (Fsp3) is 0.143. The maximum absolute atomic E-state index is 12.1. The van der Waals surface area contributed by atoms with Crippen molar-refractivity contribution in [1.29, 1.82) is 0 Å². The van der Waals surface area contributed by atoms with Crippen molar-refractivity contribution in [3.63, 3.8) is 0 Å². The number of carbonyl (C=O) groups is 1. The smallest absolute Gasteiger partial charge is 0.320 e. The highest BCUT2D eigenvalue weighted by molar-refractivity contribution is 6.32. The molecule has 3 aromatic rings. The summed E-state index contributed by atoms with van der Waals surface area (Å²) in [5, 5.41) is 9.21. The second-order valence-corrected chi connectivity index (χ2v) is 6.52. The maximum atomic E-state index is 12.1. The van der Waals surface area contributed by atoms with Crippen molar-refractivity contribution in [2.45, 2.75) is 13.0 Å². The van der Waals surface area contributed by atoms with Gasteiger partial charge in [0, 0.05) is 5.69 Å². The number of hydrogen-bond acceptors (Lipinski definition) is 4. The van der Waals surface area contributed by atoms with Gasteiger partial charge in [-0.2, -0.15) is 0 Å². The number of anilines is 3. The molecule has 3 rings (SSSR count). The van der Waals surface area contributed by atoms with Crippen molar-refractivity contribution in [3.8, 4) is 5.75 Å². The molecule has 1 unspecified atom stereocenters. The number of carbonyl (C=O) groups excluding carboxylic acids is 1. The molecule has 2 amide bonds. The lowest BCUT2D eigenvalue weighted by Gasteiger charge is -2.16. The van der Waals surface area contributed by atoms with Gasteiger partial charge in [-0.3, -0.25) is 5.32 Å². The molecule has 144 valence electrons. The third-order valence-corrected chi connectivity index (χ3v) is 4.09. The summed E-state index contributed by atoms with van der Waals surface area (Å²) in [4.78, 5) is 16.3. The Morgan fingerprint density at radius 2 is 1.79 bits per heavy atom. The zero-order chi connectivity index (χ0) is 19.8. The Labute approximate surface area is 168 Å². The first kappa shape index (κ1) is 19.5. The van der Waals surface area contributed by atoms with E-state index < -0.39 is 0 Å². The third-order valence-electron chi connectivity index (χ3n) is 3.78. The summed E-state index contributed by atoms with van der Waals surface area (Å²) < 4.78 is 5.72. The van der Waals surface area contributed by atoms with E-state index in [1.165, 1.54) is 0 Å². The summed E-state index contributed by atoms with van der Waals surface area (Å²) >= 11 is 6.06. The van der Waals surface area contributed by atoms with Crippen molar-refractivity contribution in [2.24, 2.45) is 0 Å². The van der Waals surface area contributed by atoms with Crippen molar-refractivity contribution in [3.05, 3.63) is 77.9 Å². The van der Waals surface area contributed by atoms with Crippen molar-refractivity contribution in [1.82, 2.24) is 10.3 Å². The molecule has 0 aliphatic rings. The Morgan fingerprint density at radius 1 is 1.04 bits per heavy atom. The van der Waals surface area contributed by atoms with E-state index in [0.717, 1.165) is 11.4 Å². The van der Waals surface area contributed by atoms with E-state index in [-0.39, 0.29) is 12.1 Å². The van der Waals surface area contributed by atoms with Gasteiger partial charge >= 0.3 is 6.03 Å². The highest BCUT2D eigenvalue weighted by atomic mass is 35.5. The predicted octanol–water partition coefficient (Wildman–Crippen LogP) is 5.07. The van der Waals surface area contributed by atoms with Crippen LogP contribution in [-0.4, -0.2) is 23.7 Å². The number of benzene rings is 2. The van der Waals surface area contributed by atoms with Gasteiger partial charge in [0.1, 0.15) is 17.7 Å². The first-order valence-corrected chi connectivity index (χ1v) is 9.22. The molecule has 2 aromatic carbocycles. The molecule has 7 heteroatoms. The molecule has 28 heavy (non-hydrogen) atoms. The molecule has 0 aliphatic heterocycles. The van der Waals surface area contributed by atoms with Crippen LogP contribution in [0.4, 0.5) is 22.0 Å². The zero-order valence-corrected chi connectivity index (χ0v) is 16.1. The van der Waals surface area contributed by atoms with E-state index in [9.17, 15) is 4.79 Å². The fourth-order valence-electron chi connectivity index (χ4n) is 2.43. The minimum Gasteiger partial charge on any atom is -0.487 e. The molecule has 6 nitrogen and oxygen atoms in total. The molecule has 3 N–H and O–H groups in total. The summed E-state index contributed by atoms with van der Waals surface area (Å²) in [6.45, 7) is 2.18. The number of nitrogens with one attached hydrogen (secondary N) is 3. The van der Waals surface area contributed by atoms with Crippen LogP contribution in [0.1, 0.15) is 6.92 Å². The summed E-state index contributed by atoms with van der Waals surface area (Å²) in [6.07, 6.45) is 1.42. The van der Waals surface area contributed by atoms with E-state index in [1.807, 2.05) is 55.5 Å². The Balaban J connectivity index is 1.45. The van der Waals surface area contributed by atoms with Gasteiger partial charge in [-0.1, -0.05) is 41.9 Å². The standard InChI is InChI=1S/C21H21ClN4O2/c1-15(28-19-10-6-5-9-18(19)22)13-24-21(27)26-20-12-11-17(14-23-20)25-16-7-3-2-4-8-16/h2-12,14-15,25H,13H2,1H3,(H2,23,24,26,27). The first-order chi connectivity index (χ1) is 13.6. The second-order valence-electron chi connectivity index (χ2n) is 6.12. The fourth-order valence-corrected chi connectivity index (χ4v) is 2.61. The van der Waals surface area contributed by atoms with Gasteiger partial charge in [0.2, 0.25) is 0 Å². The predicted molar refractivity (Wildman–Crippen MR) is 113 cm³/mol. The monoisotopic (exact) mass is 396 g/mol. The molecule has 0 spiro atoms. The van der Waals surface area contributed by atoms with Crippen LogP contribution in [0, 0.1) is 0 Å². The minimum atomic E-state index is -0.356. The molecule has 0 saturated heterocycles. The number of hydrogen-bond donors (Lipinski definition) is 3. The van der Waals surface area contributed by atoms with Crippen LogP contribution >= 0.6 is 11.6 Å². The lowest BCUT2D eigenvalue weighted by atomic mass is 10.3. The number of pyridine rings is 1. The Bertz CT molecular complexity index is 904. The second kappa shape index (κ2) is 9.62. The van der Waals surface area contributed by atoms with Crippen molar-refractivity contribution >= 4 is 34.8 Å². The number of urea groups is 1. The molecular weight excluding hydrogens is 376 g/mol. The number of para-hydroxylation sites is 2. The number of halogens is 1. The number of amides is 2. The number of aromatic nitrogens is 1. The van der Waals surface area contributed by atoms with Gasteiger partial charge in [-0.05, 0) is 43.3 Å². The largest absolute Gasteiger partial charge is 0.487 e. The van der Waals surface area contributed by atoms with Crippen molar-refractivity contribution in [2.75, 3.05) is 17.2 Å². The Hall–Kier alpha value is -3.25. The van der Waals surface area contributed by atoms with Gasteiger partial charge in [0.05, 0.1) is 23.5 Å². The highest BCUT2D eigenvalue weighted by Gasteiger charge is 2.09. The molecule has 0 fully saturated rings. The molecule has 0 aliphatic carbocycles. The van der Waals surface area contributed by atoms with Crippen LogP contribution in [0.15, 0.2) is 72.9 Å². The lowest BCUT2D eigenvalue weighted by Crippen LogP contribution is -2.36. The molecule has 1 heterocycles. The average Bonchev–Trinajstić information content (AvgIpc) is 2.70. The molecule has 0 radical (unpaired) electrons. The topological polar surface area (TPSA) is 75.3 Å². The summed E-state index contributed by atoms with van der Waals surface area (Å²) in [7, 11) is 0. The Morgan fingerprint density at radius 3 is 2.50 bits per heavy atom. The highest BCUT2D eigenvalue weighted by Crippen LogP contribution is 2.24. The summed E-state index contributed by atoms with van der Waals surface area (Å²) in [5.41, 5.74) is 1.80. The van der Waals surface area contributed by atoms with Crippen LogP contribution in [0.3, 0.4) is 0 Å². The average molecular weight is 397 g/mol. The van der Waals surface area contributed by atoms with Gasteiger partial charge in [0.15, 0.2) is 0 Å². The molecule has 1 aromatic heterocycles. The third kappa shape index (κ3) is 5.89. The summed E-state index contributed by atoms with van der Waals surface area (Å²) in [5.74, 6) is 1.04. The van der Waals surface area contributed by atoms with Crippen LogP contribution in [0.5, 0.6) is 5.75 Å². The van der Waals surface area contributed by atoms with Crippen LogP contribution in [0.2, 0.25) is 5.02 Å². The van der Waals surface area contributed by atoms with Gasteiger partial charge in [0.25, 0.3) is 0 Å². The normalized spacial score (nSPS) is 11.4. The number of rotatable bonds is 7. The molecule has 0 saturated carbocycles. The number of nitrogens with zero attached hydrogens (tertiary/aromatic N) is 1. The van der Waals surface area contributed by atoms with Gasteiger partial charge in [-0.25, -0.2) is 9.78 Å². The number of ether oxygens (including phenoxy) is 1. The van der Waals surface area contributed by atoms with E-state index in [1.54, 1.807) is 24.4 Å². The summed E-state index contributed by atoms with van der Waals surface area (Å²) in [6, 6.07) is 20.2. The van der Waals surface area contributed by atoms with Gasteiger partial charge < -0.3 is 15.4 Å². The van der Waals surface area contributed by atoms with Crippen LogP contribution in [-0.2, 0) is 0 Å². The maximum Gasteiger partial charge on any atom is 0.320 e. The molecular formula is C21H21ClN4O2. The quantitative estimate of drug-likeness (QED) is 0.521. The van der Waals surface area contributed by atoms with E-state index in [4.69, 9.17) is 16.3 Å². The Kier molecular flexibility index (Phi) is 6.70. The van der Waals surface area contributed by atoms with Crippen LogP contribution in [0.25, 0.3) is 0 Å². The zero-order valence-electron chi connectivity index (χ0n) is 15.4. The molecule has 0 bridgehead atoms. The van der Waals surface area contributed by atoms with E-state index in [0.29, 0.717) is 23.1 Å². The van der Waals surface area contributed by atoms with E-state index in [2.05, 4.69) is 20.9 Å².